The highest BCUT2D eigenvalue weighted by molar-refractivity contribution is 5.78. The molecule has 47 atom stereocenters. The predicted octanol–water partition coefficient (Wildman–Crippen LogP) is -5.50. The molecular weight excluding hydrogens is 1630 g/mol. The summed E-state index contributed by atoms with van der Waals surface area (Å²) in [7, 11) is 0. The van der Waals surface area contributed by atoms with Crippen molar-refractivity contribution in [3.63, 3.8) is 0 Å². The lowest BCUT2D eigenvalue weighted by Crippen LogP contribution is -2.67. The van der Waals surface area contributed by atoms with Crippen molar-refractivity contribution in [1.82, 2.24) is 0 Å². The summed E-state index contributed by atoms with van der Waals surface area (Å²) < 4.78 is 84.8. The quantitative estimate of drug-likeness (QED) is 0.0290. The van der Waals surface area contributed by atoms with Gasteiger partial charge in [-0.3, -0.25) is 9.59 Å². The zero-order valence-corrected chi connectivity index (χ0v) is 70.4. The van der Waals surface area contributed by atoms with Gasteiger partial charge in [-0.15, -0.1) is 0 Å². The fourth-order valence-electron chi connectivity index (χ4n) is 25.9. The Morgan fingerprint density at radius 1 is 0.325 bits per heavy atom. The molecule has 123 heavy (non-hydrogen) atoms. The average Bonchev–Trinajstić information content (AvgIpc) is 1.52. The summed E-state index contributed by atoms with van der Waals surface area (Å²) in [6.07, 6.45) is -39.7. The van der Waals surface area contributed by atoms with Crippen molar-refractivity contribution in [2.24, 2.45) is 68.0 Å². The summed E-state index contributed by atoms with van der Waals surface area (Å²) in [5.74, 6) is -2.65. The van der Waals surface area contributed by atoms with E-state index in [0.29, 0.717) is 89.9 Å². The Balaban J connectivity index is 0.000000204. The minimum absolute atomic E-state index is 0.0488. The van der Waals surface area contributed by atoms with Crippen molar-refractivity contribution in [3.8, 4) is 0 Å². The summed E-state index contributed by atoms with van der Waals surface area (Å²) in [5.41, 5.74) is -3.86. The molecule has 8 saturated carbocycles. The van der Waals surface area contributed by atoms with E-state index >= 15 is 0 Å². The summed E-state index contributed by atoms with van der Waals surface area (Å²) in [5, 5.41) is 242. The van der Waals surface area contributed by atoms with Gasteiger partial charge in [-0.1, -0.05) is 53.7 Å². The molecule has 704 valence electrons. The largest absolute Gasteiger partial charge is 0.432 e. The average molecular weight is 1770 g/mol. The third-order valence-corrected chi connectivity index (χ3v) is 32.8. The van der Waals surface area contributed by atoms with Crippen LogP contribution in [-0.2, 0) is 75.9 Å². The van der Waals surface area contributed by atoms with Crippen LogP contribution in [-0.4, -0.2) is 390 Å². The number of rotatable bonds is 21. The van der Waals surface area contributed by atoms with Gasteiger partial charge >= 0.3 is 11.9 Å². The third kappa shape index (κ3) is 16.4. The maximum absolute atomic E-state index is 14.3. The summed E-state index contributed by atoms with van der Waals surface area (Å²) in [4.78, 5) is 28.4. The molecule has 23 N–H and O–H groups in total. The number of fused-ring (bicyclic) bond motifs is 6. The van der Waals surface area contributed by atoms with Crippen LogP contribution < -0.4 is 0 Å². The first-order valence-electron chi connectivity index (χ1n) is 43.9. The van der Waals surface area contributed by atoms with Crippen LogP contribution in [0.4, 0.5) is 0 Å². The predicted molar refractivity (Wildman–Crippen MR) is 412 cm³/mol. The van der Waals surface area contributed by atoms with Gasteiger partial charge in [-0.25, -0.2) is 0 Å². The van der Waals surface area contributed by atoms with Crippen LogP contribution in [0.15, 0.2) is 24.3 Å². The number of ether oxygens (including phenoxy) is 14. The van der Waals surface area contributed by atoms with E-state index in [9.17, 15) is 127 Å². The van der Waals surface area contributed by atoms with E-state index in [2.05, 4.69) is 27.0 Å². The molecule has 0 aromatic heterocycles. The molecular formula is C84H134O39. The van der Waals surface area contributed by atoms with Gasteiger partial charge in [0.25, 0.3) is 0 Å². The molecule has 7 heterocycles. The van der Waals surface area contributed by atoms with Crippen molar-refractivity contribution in [2.75, 3.05) is 46.2 Å². The Morgan fingerprint density at radius 2 is 0.618 bits per heavy atom. The highest BCUT2D eigenvalue weighted by atomic mass is 16.8. The van der Waals surface area contributed by atoms with Gasteiger partial charge in [0, 0.05) is 11.8 Å². The minimum Gasteiger partial charge on any atom is -0.432 e. The second kappa shape index (κ2) is 36.5. The summed E-state index contributed by atoms with van der Waals surface area (Å²) >= 11 is 0. The lowest BCUT2D eigenvalue weighted by atomic mass is 9.41. The van der Waals surface area contributed by atoms with Crippen LogP contribution in [0.5, 0.6) is 0 Å². The number of hydrogen-bond donors (Lipinski definition) is 23. The van der Waals surface area contributed by atoms with E-state index in [4.69, 9.17) is 66.3 Å². The zero-order valence-electron chi connectivity index (χ0n) is 70.4. The number of hydrogen-bond acceptors (Lipinski definition) is 39. The maximum atomic E-state index is 14.3. The molecule has 7 aliphatic heterocycles. The molecule has 0 aromatic carbocycles. The van der Waals surface area contributed by atoms with Crippen molar-refractivity contribution < 1.29 is 193 Å². The van der Waals surface area contributed by atoms with Gasteiger partial charge in [-0.2, -0.15) is 0 Å². The standard InChI is InChI=1S/C45H72O22.C39H62O17/c1-18-12-44-10-6-24-42(3,8-5-9-43(24,4)41(59)66-39-34(58)31(55)28(52)22(15-48)62-39)25(44)7-11-45(18,17-44)67-40-36(65-37-32(56)26(50)19(2)20(13-46)60-37)35(29(53)23(16-49)63-40)64-38-33(57)30(54)27(51)21(14-47)61-38;1-17-12-38-10-6-22-36(3,8-5-9-37(22,4)35(50)55-33-30(49)27(46)25(44)20(14-41)52-33)23(38)7-11-39(17,16-38)56-34-31(28(47)26(45)21(15-42)53-34)54-32-29(48)24(43)18(2)19(13-40)51-32/h19-40,46-58H,1,5-17H2,2-4H3;18-34,40-49H,1,5-16H2,2-4H3/t19-,20-,21-,22-,23-,24?,25?,26+,27-,28+,29-,30+,31-,32-,33-,34-,35+,36-,37+,38+,39+,40+,42-,43?,44-,45+;18-,19-,20-,21-,22?,23?,24+,25+,26-,27-,28+,29-,30-,31-,32+,33+,34+,36-,37?,38-,39+/m11/s1. The molecule has 39 heteroatoms. The Hall–Kier alpha value is -2.98. The van der Waals surface area contributed by atoms with Gasteiger partial charge in [0.2, 0.25) is 12.6 Å². The third-order valence-electron chi connectivity index (χ3n) is 32.8. The van der Waals surface area contributed by atoms with Gasteiger partial charge < -0.3 is 184 Å². The van der Waals surface area contributed by atoms with E-state index in [0.717, 1.165) is 36.8 Å². The Kier molecular flexibility index (Phi) is 28.5. The fourth-order valence-corrected chi connectivity index (χ4v) is 25.9. The topological polar surface area (TPSA) is 629 Å². The summed E-state index contributed by atoms with van der Waals surface area (Å²) in [6.45, 7) is 15.8. The first-order valence-corrected chi connectivity index (χ1v) is 43.9. The number of carbonyl (C=O) groups excluding carboxylic acids is 2. The first-order chi connectivity index (χ1) is 58.0. The second-order valence-electron chi connectivity index (χ2n) is 39.5. The number of carbonyl (C=O) groups is 2. The molecule has 2 spiro atoms. The normalized spacial score (nSPS) is 54.6. The van der Waals surface area contributed by atoms with E-state index in [1.54, 1.807) is 13.8 Å². The number of aliphatic hydroxyl groups excluding tert-OH is 23. The van der Waals surface area contributed by atoms with Crippen molar-refractivity contribution in [2.45, 2.75) is 371 Å². The smallest absolute Gasteiger partial charge is 0.314 e. The van der Waals surface area contributed by atoms with Crippen molar-refractivity contribution in [1.29, 1.82) is 0 Å². The Morgan fingerprint density at radius 3 is 0.992 bits per heavy atom. The van der Waals surface area contributed by atoms with E-state index in [1.165, 1.54) is 0 Å². The highest BCUT2D eigenvalue weighted by Crippen LogP contribution is 2.76. The van der Waals surface area contributed by atoms with Crippen LogP contribution in [0.1, 0.15) is 157 Å². The van der Waals surface area contributed by atoms with Crippen LogP contribution in [0.2, 0.25) is 0 Å². The van der Waals surface area contributed by atoms with Gasteiger partial charge in [-0.05, 0) is 173 Å². The SMILES string of the molecule is C=C1C[C@@]23CCC4C(C)(C(=O)O[C@@H]5O[C@H](CO)[C@H](O)[C@@H](O)[C@H]5O)CCC[C@@]4(C)C2CC[C@]1(O[C@@H]1O[C@H](CO)[C@@H](O)[C@H](O)[C@H]1O[C@@H]1O[C@H](CO)[C@@H](C)[C@H](O)[C@H]1O)C3.C=C1C[C@@]23CCC4C(C)(C(=O)O[C@@H]5O[C@H](CO)[C@H](O)[C@@H](O)[C@H]5O)CCC[C@@]4(C)C2CC[C@]1(O[C@@H]1O[C@H](CO)[C@@H](O)[C@H](O[C@@H]2O[C@H](CO)[C@@H](O)[C@H](O)[C@H]2O)[C@H]1O[C@@H]1O[C@H](CO)[C@@H](C)[C@H](O)[C@H]1O)C3. The van der Waals surface area contributed by atoms with E-state index in [1.807, 2.05) is 13.8 Å². The van der Waals surface area contributed by atoms with Crippen LogP contribution >= 0.6 is 0 Å². The molecule has 8 aliphatic carbocycles. The van der Waals surface area contributed by atoms with Crippen LogP contribution in [0, 0.1) is 68.0 Å². The molecule has 15 rings (SSSR count). The highest BCUT2D eigenvalue weighted by Gasteiger charge is 2.73. The monoisotopic (exact) mass is 1770 g/mol. The first kappa shape index (κ1) is 96.1. The van der Waals surface area contributed by atoms with Gasteiger partial charge in [0.1, 0.15) is 134 Å². The number of esters is 2. The molecule has 0 amide bonds. The molecule has 4 bridgehead atoms. The molecule has 39 nitrogen and oxygen atoms in total. The van der Waals surface area contributed by atoms with Crippen LogP contribution in [0.25, 0.3) is 0 Å². The van der Waals surface area contributed by atoms with E-state index < -0.39 is 300 Å². The van der Waals surface area contributed by atoms with Crippen molar-refractivity contribution >= 4 is 11.9 Å². The van der Waals surface area contributed by atoms with Gasteiger partial charge in [0.05, 0.1) is 92.7 Å². The molecule has 15 fully saturated rings. The molecule has 7 saturated heterocycles. The molecule has 15 aliphatic rings. The Labute approximate surface area is 712 Å². The molecule has 0 radical (unpaired) electrons. The van der Waals surface area contributed by atoms with Crippen LogP contribution in [0.3, 0.4) is 0 Å². The maximum Gasteiger partial charge on any atom is 0.314 e. The second-order valence-corrected chi connectivity index (χ2v) is 39.5. The lowest BCUT2D eigenvalue weighted by Gasteiger charge is -2.64. The summed E-state index contributed by atoms with van der Waals surface area (Å²) in [6, 6.07) is 0. The van der Waals surface area contributed by atoms with Crippen molar-refractivity contribution in [3.05, 3.63) is 24.3 Å². The van der Waals surface area contributed by atoms with Gasteiger partial charge in [0.15, 0.2) is 31.5 Å². The minimum atomic E-state index is -1.92. The molecule has 6 unspecified atom stereocenters. The Bertz CT molecular complexity index is 3660. The fraction of sp³-hybridized carbons (Fsp3) is 0.929. The lowest BCUT2D eigenvalue weighted by molar-refractivity contribution is -0.398. The molecule has 0 aromatic rings. The van der Waals surface area contributed by atoms with E-state index in [-0.39, 0.29) is 39.9 Å². The number of aliphatic hydroxyl groups is 23. The zero-order chi connectivity index (χ0) is 89.4.